The summed E-state index contributed by atoms with van der Waals surface area (Å²) in [5.74, 6) is 0.218. The molecule has 0 radical (unpaired) electrons. The Labute approximate surface area is 111 Å². The smallest absolute Gasteiger partial charge is 0.315 e. The summed E-state index contributed by atoms with van der Waals surface area (Å²) in [6.45, 7) is 3.83. The Morgan fingerprint density at radius 2 is 2.00 bits per heavy atom. The molecular weight excluding hydrogens is 251 g/mol. The molecule has 0 aromatic heterocycles. The molecule has 2 amide bonds. The van der Waals surface area contributed by atoms with Crippen molar-refractivity contribution in [3.63, 3.8) is 0 Å². The minimum absolute atomic E-state index is 0.192. The van der Waals surface area contributed by atoms with Crippen LogP contribution in [0.1, 0.15) is 13.8 Å². The Hall–Kier alpha value is -1.82. The summed E-state index contributed by atoms with van der Waals surface area (Å²) in [6, 6.07) is 5.09. The Balaban J connectivity index is 2.25. The third-order valence-corrected chi connectivity index (χ3v) is 2.25. The highest BCUT2D eigenvalue weighted by Crippen LogP contribution is 2.11. The quantitative estimate of drug-likeness (QED) is 0.729. The molecule has 0 aliphatic heterocycles. The monoisotopic (exact) mass is 270 g/mol. The maximum absolute atomic E-state index is 12.7. The van der Waals surface area contributed by atoms with Crippen molar-refractivity contribution in [1.29, 1.82) is 0 Å². The fourth-order valence-electron chi connectivity index (χ4n) is 1.31. The molecule has 0 bridgehead atoms. The van der Waals surface area contributed by atoms with E-state index in [1.807, 2.05) is 0 Å². The molecule has 0 unspecified atom stereocenters. The minimum atomic E-state index is -0.587. The van der Waals surface area contributed by atoms with Crippen molar-refractivity contribution in [1.82, 2.24) is 10.6 Å². The van der Waals surface area contributed by atoms with Crippen LogP contribution in [0.2, 0.25) is 0 Å². The summed E-state index contributed by atoms with van der Waals surface area (Å²) in [5.41, 5.74) is 0. The summed E-state index contributed by atoms with van der Waals surface area (Å²) >= 11 is 0. The van der Waals surface area contributed by atoms with Crippen LogP contribution in [0, 0.1) is 5.82 Å². The lowest BCUT2D eigenvalue weighted by Gasteiger charge is -2.16. The second-order valence-electron chi connectivity index (χ2n) is 4.37. The van der Waals surface area contributed by atoms with Crippen molar-refractivity contribution < 1.29 is 19.0 Å². The number of halogens is 1. The second kappa shape index (κ2) is 7.58. The van der Waals surface area contributed by atoms with Crippen LogP contribution >= 0.6 is 0 Å². The third-order valence-electron chi connectivity index (χ3n) is 2.25. The lowest BCUT2D eigenvalue weighted by atomic mass is 10.3. The lowest BCUT2D eigenvalue weighted by molar-refractivity contribution is 0.185. The van der Waals surface area contributed by atoms with E-state index in [1.54, 1.807) is 13.8 Å². The van der Waals surface area contributed by atoms with Crippen LogP contribution in [-0.2, 0) is 0 Å². The van der Waals surface area contributed by atoms with Crippen molar-refractivity contribution in [2.75, 3.05) is 13.2 Å². The number of hydrogen-bond donors (Lipinski definition) is 3. The standard InChI is InChI=1S/C13H19FN2O3/c1-9(16-13(18)15-7-10(2)17)8-19-12-5-3-11(14)4-6-12/h3-6,9-10,17H,7-8H2,1-2H3,(H2,15,16,18)/t9-,10+/m0/s1. The zero-order valence-corrected chi connectivity index (χ0v) is 11.0. The molecule has 1 aromatic carbocycles. The first kappa shape index (κ1) is 15.2. The normalized spacial score (nSPS) is 13.5. The number of ether oxygens (including phenoxy) is 1. The Bertz CT molecular complexity index is 395. The molecule has 0 saturated heterocycles. The summed E-state index contributed by atoms with van der Waals surface area (Å²) < 4.78 is 18.1. The molecule has 19 heavy (non-hydrogen) atoms. The van der Waals surface area contributed by atoms with Gasteiger partial charge in [-0.3, -0.25) is 0 Å². The van der Waals surface area contributed by atoms with Gasteiger partial charge in [-0.15, -0.1) is 0 Å². The van der Waals surface area contributed by atoms with Crippen LogP contribution in [0.4, 0.5) is 9.18 Å². The van der Waals surface area contributed by atoms with Crippen molar-refractivity contribution in [3.05, 3.63) is 30.1 Å². The molecule has 0 aliphatic rings. The molecule has 5 nitrogen and oxygen atoms in total. The molecule has 106 valence electrons. The second-order valence-corrected chi connectivity index (χ2v) is 4.37. The molecule has 1 aromatic rings. The van der Waals surface area contributed by atoms with E-state index in [-0.39, 0.29) is 31.0 Å². The fourth-order valence-corrected chi connectivity index (χ4v) is 1.31. The third kappa shape index (κ3) is 6.61. The van der Waals surface area contributed by atoms with E-state index in [1.165, 1.54) is 24.3 Å². The zero-order valence-electron chi connectivity index (χ0n) is 11.0. The summed E-state index contributed by atoms with van der Waals surface area (Å²) in [6.07, 6.45) is -0.587. The number of benzene rings is 1. The SMILES string of the molecule is C[C@@H](O)CNC(=O)N[C@@H](C)COc1ccc(F)cc1. The molecule has 0 heterocycles. The van der Waals surface area contributed by atoms with Crippen LogP contribution in [-0.4, -0.2) is 36.4 Å². The highest BCUT2D eigenvalue weighted by molar-refractivity contribution is 5.74. The number of amides is 2. The van der Waals surface area contributed by atoms with Gasteiger partial charge >= 0.3 is 6.03 Å². The first-order valence-electron chi connectivity index (χ1n) is 6.08. The van der Waals surface area contributed by atoms with E-state index in [9.17, 15) is 9.18 Å². The van der Waals surface area contributed by atoms with Crippen molar-refractivity contribution in [3.8, 4) is 5.75 Å². The highest BCUT2D eigenvalue weighted by atomic mass is 19.1. The first-order chi connectivity index (χ1) is 8.97. The van der Waals surface area contributed by atoms with Gasteiger partial charge in [0.05, 0.1) is 12.1 Å². The van der Waals surface area contributed by atoms with E-state index < -0.39 is 6.10 Å². The Morgan fingerprint density at radius 3 is 2.58 bits per heavy atom. The van der Waals surface area contributed by atoms with Gasteiger partial charge in [-0.2, -0.15) is 0 Å². The number of rotatable bonds is 6. The van der Waals surface area contributed by atoms with Gasteiger partial charge in [0, 0.05) is 6.54 Å². The van der Waals surface area contributed by atoms with Crippen LogP contribution in [0.3, 0.4) is 0 Å². The molecule has 0 fully saturated rings. The summed E-state index contributed by atoms with van der Waals surface area (Å²) in [5, 5.41) is 14.2. The van der Waals surface area contributed by atoms with Crippen molar-refractivity contribution in [2.24, 2.45) is 0 Å². The lowest BCUT2D eigenvalue weighted by Crippen LogP contribution is -2.45. The first-order valence-corrected chi connectivity index (χ1v) is 6.08. The maximum Gasteiger partial charge on any atom is 0.315 e. The van der Waals surface area contributed by atoms with Crippen LogP contribution < -0.4 is 15.4 Å². The van der Waals surface area contributed by atoms with E-state index in [4.69, 9.17) is 9.84 Å². The average molecular weight is 270 g/mol. The van der Waals surface area contributed by atoms with Gasteiger partial charge in [-0.25, -0.2) is 9.18 Å². The molecule has 0 spiro atoms. The number of nitrogens with one attached hydrogen (secondary N) is 2. The van der Waals surface area contributed by atoms with E-state index in [0.717, 1.165) is 0 Å². The molecule has 3 N–H and O–H groups in total. The average Bonchev–Trinajstić information content (AvgIpc) is 2.36. The Kier molecular flexibility index (Phi) is 6.08. The minimum Gasteiger partial charge on any atom is -0.491 e. The molecule has 6 heteroatoms. The fraction of sp³-hybridized carbons (Fsp3) is 0.462. The predicted octanol–water partition coefficient (Wildman–Crippen LogP) is 1.27. The van der Waals surface area contributed by atoms with Crippen LogP contribution in [0.25, 0.3) is 0 Å². The number of hydrogen-bond acceptors (Lipinski definition) is 3. The number of urea groups is 1. The highest BCUT2D eigenvalue weighted by Gasteiger charge is 2.08. The van der Waals surface area contributed by atoms with E-state index >= 15 is 0 Å². The predicted molar refractivity (Wildman–Crippen MR) is 69.6 cm³/mol. The maximum atomic E-state index is 12.7. The summed E-state index contributed by atoms with van der Waals surface area (Å²) in [7, 11) is 0. The molecule has 2 atom stereocenters. The van der Waals surface area contributed by atoms with Gasteiger partial charge in [0.15, 0.2) is 0 Å². The summed E-state index contributed by atoms with van der Waals surface area (Å²) in [4.78, 5) is 11.4. The van der Waals surface area contributed by atoms with Crippen LogP contribution in [0.15, 0.2) is 24.3 Å². The molecule has 0 aliphatic carbocycles. The number of carbonyl (C=O) groups is 1. The molecular formula is C13H19FN2O3. The van der Waals surface area contributed by atoms with Gasteiger partial charge < -0.3 is 20.5 Å². The van der Waals surface area contributed by atoms with Crippen molar-refractivity contribution >= 4 is 6.03 Å². The zero-order chi connectivity index (χ0) is 14.3. The molecule has 1 rings (SSSR count). The van der Waals surface area contributed by atoms with Crippen LogP contribution in [0.5, 0.6) is 5.75 Å². The van der Waals surface area contributed by atoms with Gasteiger partial charge in [-0.05, 0) is 38.1 Å². The number of aliphatic hydroxyl groups excluding tert-OH is 1. The van der Waals surface area contributed by atoms with E-state index in [0.29, 0.717) is 5.75 Å². The topological polar surface area (TPSA) is 70.6 Å². The largest absolute Gasteiger partial charge is 0.491 e. The van der Waals surface area contributed by atoms with Gasteiger partial charge in [0.25, 0.3) is 0 Å². The number of carbonyl (C=O) groups excluding carboxylic acids is 1. The Morgan fingerprint density at radius 1 is 1.37 bits per heavy atom. The number of aliphatic hydroxyl groups is 1. The molecule has 0 saturated carbocycles. The van der Waals surface area contributed by atoms with Crippen molar-refractivity contribution in [2.45, 2.75) is 26.0 Å². The van der Waals surface area contributed by atoms with Gasteiger partial charge in [-0.1, -0.05) is 0 Å². The van der Waals surface area contributed by atoms with Gasteiger partial charge in [0.1, 0.15) is 18.2 Å². The van der Waals surface area contributed by atoms with Gasteiger partial charge in [0.2, 0.25) is 0 Å². The van der Waals surface area contributed by atoms with E-state index in [2.05, 4.69) is 10.6 Å².